The molecule has 1 rings (SSSR count). The third-order valence-electron chi connectivity index (χ3n) is 2.16. The lowest BCUT2D eigenvalue weighted by Crippen LogP contribution is -2.22. The quantitative estimate of drug-likeness (QED) is 0.460. The van der Waals surface area contributed by atoms with Crippen LogP contribution in [0.25, 0.3) is 0 Å². The zero-order valence-electron chi connectivity index (χ0n) is 10.4. The Morgan fingerprint density at radius 1 is 1.37 bits per heavy atom. The Hall–Kier alpha value is -1.96. The molecule has 19 heavy (non-hydrogen) atoms. The normalized spacial score (nSPS) is 12.2. The Kier molecular flexibility index (Phi) is 5.43. The summed E-state index contributed by atoms with van der Waals surface area (Å²) in [6, 6.07) is 9.07. The summed E-state index contributed by atoms with van der Waals surface area (Å²) < 4.78 is 23.1. The van der Waals surface area contributed by atoms with Crippen molar-refractivity contribution in [3.05, 3.63) is 40.4 Å². The monoisotopic (exact) mass is 285 g/mol. The smallest absolute Gasteiger partial charge is 0.217 e. The van der Waals surface area contributed by atoms with Gasteiger partial charge < -0.3 is 0 Å². The standard InChI is InChI=1S/C11H15N3O4S/c1-10(9-19(17,18)8-7-14(15)16)12-13-11-5-3-2-4-6-11/h2-6,13H,7-9H2,1H3. The second kappa shape index (κ2) is 6.83. The number of hydrogen-bond acceptors (Lipinski definition) is 6. The Morgan fingerprint density at radius 3 is 2.58 bits per heavy atom. The zero-order valence-corrected chi connectivity index (χ0v) is 11.3. The molecule has 0 aliphatic rings. The highest BCUT2D eigenvalue weighted by Gasteiger charge is 2.15. The summed E-state index contributed by atoms with van der Waals surface area (Å²) >= 11 is 0. The number of para-hydroxylation sites is 1. The molecule has 1 aromatic carbocycles. The largest absolute Gasteiger partial charge is 0.279 e. The van der Waals surface area contributed by atoms with Crippen LogP contribution in [-0.2, 0) is 9.84 Å². The van der Waals surface area contributed by atoms with Crippen LogP contribution in [0, 0.1) is 10.1 Å². The van der Waals surface area contributed by atoms with Gasteiger partial charge in [0.25, 0.3) is 0 Å². The van der Waals surface area contributed by atoms with Crippen molar-refractivity contribution in [2.75, 3.05) is 23.5 Å². The second-order valence-electron chi connectivity index (χ2n) is 3.97. The first-order valence-corrected chi connectivity index (χ1v) is 7.37. The molecule has 0 saturated heterocycles. The molecule has 0 aliphatic carbocycles. The van der Waals surface area contributed by atoms with E-state index < -0.39 is 27.1 Å². The first-order chi connectivity index (χ1) is 8.89. The van der Waals surface area contributed by atoms with Crippen LogP contribution in [0.2, 0.25) is 0 Å². The van der Waals surface area contributed by atoms with Gasteiger partial charge in [0.15, 0.2) is 9.84 Å². The van der Waals surface area contributed by atoms with Gasteiger partial charge in [0.05, 0.1) is 17.2 Å². The molecule has 1 aromatic rings. The molecule has 7 nitrogen and oxygen atoms in total. The Balaban J connectivity index is 2.54. The van der Waals surface area contributed by atoms with Crippen molar-refractivity contribution in [3.8, 4) is 0 Å². The van der Waals surface area contributed by atoms with Gasteiger partial charge in [0, 0.05) is 4.92 Å². The summed E-state index contributed by atoms with van der Waals surface area (Å²) in [4.78, 5) is 9.49. The van der Waals surface area contributed by atoms with Crippen LogP contribution in [0.3, 0.4) is 0 Å². The van der Waals surface area contributed by atoms with Crippen LogP contribution < -0.4 is 5.43 Å². The van der Waals surface area contributed by atoms with Crippen molar-refractivity contribution in [1.29, 1.82) is 0 Å². The summed E-state index contributed by atoms with van der Waals surface area (Å²) in [5.74, 6) is -0.765. The van der Waals surface area contributed by atoms with Gasteiger partial charge in [-0.15, -0.1) is 0 Å². The molecule has 0 amide bonds. The third-order valence-corrected chi connectivity index (χ3v) is 3.83. The van der Waals surface area contributed by atoms with Crippen LogP contribution in [0.4, 0.5) is 5.69 Å². The summed E-state index contributed by atoms with van der Waals surface area (Å²) in [5, 5.41) is 14.1. The van der Waals surface area contributed by atoms with Crippen LogP contribution in [0.1, 0.15) is 6.92 Å². The minimum atomic E-state index is -3.49. The first kappa shape index (κ1) is 15.1. The van der Waals surface area contributed by atoms with Crippen molar-refractivity contribution in [2.45, 2.75) is 6.92 Å². The number of nitro groups is 1. The number of nitrogens with one attached hydrogen (secondary N) is 1. The number of benzene rings is 1. The van der Waals surface area contributed by atoms with Crippen molar-refractivity contribution in [3.63, 3.8) is 0 Å². The molecule has 0 heterocycles. The molecule has 0 spiro atoms. The third kappa shape index (κ3) is 6.51. The summed E-state index contributed by atoms with van der Waals surface area (Å²) in [6.07, 6.45) is 0. The molecule has 0 saturated carbocycles. The summed E-state index contributed by atoms with van der Waals surface area (Å²) in [6.45, 7) is 0.974. The number of sulfone groups is 1. The van der Waals surface area contributed by atoms with E-state index in [1.807, 2.05) is 18.2 Å². The average molecular weight is 285 g/mol. The SMILES string of the molecule is CC(CS(=O)(=O)CC[N+](=O)[O-])=NNc1ccccc1. The van der Waals surface area contributed by atoms with Gasteiger partial charge in [-0.25, -0.2) is 8.42 Å². The number of rotatable bonds is 7. The molecule has 0 radical (unpaired) electrons. The lowest BCUT2D eigenvalue weighted by Gasteiger charge is -2.03. The fourth-order valence-corrected chi connectivity index (χ4v) is 2.58. The molecule has 0 bridgehead atoms. The Labute approximate surface area is 111 Å². The Morgan fingerprint density at radius 2 is 2.00 bits per heavy atom. The molecule has 0 unspecified atom stereocenters. The number of anilines is 1. The van der Waals surface area contributed by atoms with Crippen molar-refractivity contribution in [2.24, 2.45) is 5.10 Å². The number of hydrazone groups is 1. The van der Waals surface area contributed by atoms with Gasteiger partial charge >= 0.3 is 0 Å². The fourth-order valence-electron chi connectivity index (χ4n) is 1.31. The van der Waals surface area contributed by atoms with Gasteiger partial charge in [-0.2, -0.15) is 5.10 Å². The number of hydrogen-bond donors (Lipinski definition) is 1. The van der Waals surface area contributed by atoms with E-state index in [0.29, 0.717) is 5.71 Å². The fraction of sp³-hybridized carbons (Fsp3) is 0.364. The first-order valence-electron chi connectivity index (χ1n) is 5.55. The molecular weight excluding hydrogens is 270 g/mol. The minimum absolute atomic E-state index is 0.291. The van der Waals surface area contributed by atoms with E-state index in [-0.39, 0.29) is 5.75 Å². The number of nitrogens with zero attached hydrogens (tertiary/aromatic N) is 2. The molecule has 104 valence electrons. The van der Waals surface area contributed by atoms with E-state index in [4.69, 9.17) is 0 Å². The zero-order chi connectivity index (χ0) is 14.3. The molecule has 8 heteroatoms. The van der Waals surface area contributed by atoms with Gasteiger partial charge in [-0.3, -0.25) is 15.5 Å². The van der Waals surface area contributed by atoms with Crippen molar-refractivity contribution >= 4 is 21.2 Å². The van der Waals surface area contributed by atoms with Crippen LogP contribution >= 0.6 is 0 Å². The van der Waals surface area contributed by atoms with E-state index in [1.165, 1.54) is 0 Å². The second-order valence-corrected chi connectivity index (χ2v) is 6.16. The molecule has 0 aliphatic heterocycles. The van der Waals surface area contributed by atoms with Gasteiger partial charge in [-0.05, 0) is 19.1 Å². The van der Waals surface area contributed by atoms with Gasteiger partial charge in [-0.1, -0.05) is 18.2 Å². The highest BCUT2D eigenvalue weighted by molar-refractivity contribution is 7.92. The van der Waals surface area contributed by atoms with Gasteiger partial charge in [0.2, 0.25) is 6.54 Å². The summed E-state index contributed by atoms with van der Waals surface area (Å²) in [7, 11) is -3.49. The average Bonchev–Trinajstić information content (AvgIpc) is 2.35. The lowest BCUT2D eigenvalue weighted by molar-refractivity contribution is -0.474. The van der Waals surface area contributed by atoms with Crippen molar-refractivity contribution < 1.29 is 13.3 Å². The van der Waals surface area contributed by atoms with E-state index in [9.17, 15) is 18.5 Å². The molecule has 0 aromatic heterocycles. The molecule has 0 fully saturated rings. The summed E-state index contributed by atoms with van der Waals surface area (Å²) in [5.41, 5.74) is 3.82. The maximum absolute atomic E-state index is 11.5. The van der Waals surface area contributed by atoms with Gasteiger partial charge in [0.1, 0.15) is 5.75 Å². The topological polar surface area (TPSA) is 102 Å². The predicted octanol–water partition coefficient (Wildman–Crippen LogP) is 1.17. The lowest BCUT2D eigenvalue weighted by atomic mass is 10.3. The molecular formula is C11H15N3O4S. The van der Waals surface area contributed by atoms with E-state index in [0.717, 1.165) is 5.69 Å². The van der Waals surface area contributed by atoms with Crippen LogP contribution in [0.5, 0.6) is 0 Å². The van der Waals surface area contributed by atoms with Crippen molar-refractivity contribution in [1.82, 2.24) is 0 Å². The predicted molar refractivity (Wildman–Crippen MR) is 73.7 cm³/mol. The van der Waals surface area contributed by atoms with Crippen LogP contribution in [0.15, 0.2) is 35.4 Å². The highest BCUT2D eigenvalue weighted by Crippen LogP contribution is 2.04. The van der Waals surface area contributed by atoms with E-state index in [1.54, 1.807) is 19.1 Å². The maximum Gasteiger partial charge on any atom is 0.217 e. The Bertz CT molecular complexity index is 555. The van der Waals surface area contributed by atoms with E-state index in [2.05, 4.69) is 10.5 Å². The molecule has 1 N–H and O–H groups in total. The maximum atomic E-state index is 11.5. The highest BCUT2D eigenvalue weighted by atomic mass is 32.2. The van der Waals surface area contributed by atoms with E-state index >= 15 is 0 Å². The van der Waals surface area contributed by atoms with Crippen LogP contribution in [-0.4, -0.2) is 37.1 Å². The minimum Gasteiger partial charge on any atom is -0.279 e. The molecule has 0 atom stereocenters.